The average Bonchev–Trinajstić information content (AvgIpc) is 3.11. The molecule has 1 saturated heterocycles. The highest BCUT2D eigenvalue weighted by Gasteiger charge is 2.35. The SMILES string of the molecule is O=C(C1COc2ccccc2O1)N1CCC(c2ccccc2)C1. The van der Waals surface area contributed by atoms with E-state index in [1.807, 2.05) is 35.2 Å². The summed E-state index contributed by atoms with van der Waals surface area (Å²) in [6.45, 7) is 1.81. The minimum atomic E-state index is -0.542. The fourth-order valence-electron chi connectivity index (χ4n) is 3.30. The molecule has 0 bridgehead atoms. The topological polar surface area (TPSA) is 38.8 Å². The van der Waals surface area contributed by atoms with Gasteiger partial charge in [-0.3, -0.25) is 4.79 Å². The lowest BCUT2D eigenvalue weighted by Crippen LogP contribution is -2.45. The zero-order valence-corrected chi connectivity index (χ0v) is 12.9. The van der Waals surface area contributed by atoms with E-state index in [2.05, 4.69) is 24.3 Å². The van der Waals surface area contributed by atoms with Crippen LogP contribution in [0, 0.1) is 0 Å². The Labute approximate surface area is 135 Å². The molecule has 0 spiro atoms. The van der Waals surface area contributed by atoms with Gasteiger partial charge < -0.3 is 14.4 Å². The van der Waals surface area contributed by atoms with E-state index >= 15 is 0 Å². The van der Waals surface area contributed by atoms with Crippen LogP contribution < -0.4 is 9.47 Å². The number of nitrogens with zero attached hydrogens (tertiary/aromatic N) is 1. The Kier molecular flexibility index (Phi) is 3.66. The first-order valence-electron chi connectivity index (χ1n) is 8.03. The molecule has 2 atom stereocenters. The summed E-state index contributed by atoms with van der Waals surface area (Å²) in [6.07, 6.45) is 0.458. The van der Waals surface area contributed by atoms with Crippen LogP contribution in [0.3, 0.4) is 0 Å². The molecule has 2 aliphatic rings. The minimum Gasteiger partial charge on any atom is -0.485 e. The largest absolute Gasteiger partial charge is 0.485 e. The lowest BCUT2D eigenvalue weighted by molar-refractivity contribution is -0.140. The third-order valence-electron chi connectivity index (χ3n) is 4.55. The number of para-hydroxylation sites is 2. The van der Waals surface area contributed by atoms with Crippen LogP contribution in [-0.2, 0) is 4.79 Å². The van der Waals surface area contributed by atoms with Crippen molar-refractivity contribution in [1.29, 1.82) is 0 Å². The summed E-state index contributed by atoms with van der Waals surface area (Å²) in [5.74, 6) is 1.80. The van der Waals surface area contributed by atoms with Gasteiger partial charge in [0.25, 0.3) is 5.91 Å². The van der Waals surface area contributed by atoms with Crippen molar-refractivity contribution >= 4 is 5.91 Å². The highest BCUT2D eigenvalue weighted by atomic mass is 16.6. The van der Waals surface area contributed by atoms with Crippen molar-refractivity contribution in [3.63, 3.8) is 0 Å². The number of rotatable bonds is 2. The molecule has 0 aromatic heterocycles. The summed E-state index contributed by atoms with van der Waals surface area (Å²) in [5, 5.41) is 0. The van der Waals surface area contributed by atoms with Crippen molar-refractivity contribution in [3.05, 3.63) is 60.2 Å². The van der Waals surface area contributed by atoms with Gasteiger partial charge in [0.2, 0.25) is 6.10 Å². The first-order chi connectivity index (χ1) is 11.3. The summed E-state index contributed by atoms with van der Waals surface area (Å²) in [5.41, 5.74) is 1.30. The molecule has 2 aromatic rings. The molecule has 0 radical (unpaired) electrons. The van der Waals surface area contributed by atoms with Crippen molar-refractivity contribution in [1.82, 2.24) is 4.90 Å². The van der Waals surface area contributed by atoms with E-state index in [1.54, 1.807) is 0 Å². The third kappa shape index (κ3) is 2.77. The Morgan fingerprint density at radius 2 is 1.74 bits per heavy atom. The second kappa shape index (κ2) is 5.95. The molecule has 4 nitrogen and oxygen atoms in total. The van der Waals surface area contributed by atoms with Crippen LogP contribution in [0.4, 0.5) is 0 Å². The zero-order chi connectivity index (χ0) is 15.6. The lowest BCUT2D eigenvalue weighted by atomic mass is 9.99. The Bertz CT molecular complexity index is 701. The predicted molar refractivity (Wildman–Crippen MR) is 86.7 cm³/mol. The van der Waals surface area contributed by atoms with Crippen LogP contribution in [0.25, 0.3) is 0 Å². The van der Waals surface area contributed by atoms with E-state index < -0.39 is 6.10 Å². The van der Waals surface area contributed by atoms with E-state index in [1.165, 1.54) is 5.56 Å². The molecule has 4 rings (SSSR count). The second-order valence-electron chi connectivity index (χ2n) is 6.04. The van der Waals surface area contributed by atoms with Gasteiger partial charge in [0.15, 0.2) is 11.5 Å². The maximum absolute atomic E-state index is 12.7. The first kappa shape index (κ1) is 14.1. The van der Waals surface area contributed by atoms with E-state index in [0.717, 1.165) is 19.5 Å². The summed E-state index contributed by atoms with van der Waals surface area (Å²) in [4.78, 5) is 14.6. The van der Waals surface area contributed by atoms with Crippen LogP contribution in [0.1, 0.15) is 17.9 Å². The number of carbonyl (C=O) groups is 1. The van der Waals surface area contributed by atoms with Gasteiger partial charge in [-0.25, -0.2) is 0 Å². The molecular formula is C19H19NO3. The molecule has 2 unspecified atom stereocenters. The van der Waals surface area contributed by atoms with Gasteiger partial charge in [-0.1, -0.05) is 42.5 Å². The van der Waals surface area contributed by atoms with Crippen molar-refractivity contribution < 1.29 is 14.3 Å². The Morgan fingerprint density at radius 1 is 1.00 bits per heavy atom. The molecule has 2 heterocycles. The van der Waals surface area contributed by atoms with E-state index in [9.17, 15) is 4.79 Å². The predicted octanol–water partition coefficient (Wildman–Crippen LogP) is 2.84. The van der Waals surface area contributed by atoms with Crippen LogP contribution in [0.15, 0.2) is 54.6 Å². The molecule has 118 valence electrons. The maximum Gasteiger partial charge on any atom is 0.267 e. The number of ether oxygens (including phenoxy) is 2. The minimum absolute atomic E-state index is 0.0259. The molecule has 0 N–H and O–H groups in total. The molecule has 0 saturated carbocycles. The standard InChI is InChI=1S/C19H19NO3/c21-19(18-13-22-16-8-4-5-9-17(16)23-18)20-11-10-15(12-20)14-6-2-1-3-7-14/h1-9,15,18H,10-13H2. The molecule has 4 heteroatoms. The van der Waals surface area contributed by atoms with Crippen LogP contribution >= 0.6 is 0 Å². The lowest BCUT2D eigenvalue weighted by Gasteiger charge is -2.28. The molecular weight excluding hydrogens is 290 g/mol. The molecule has 23 heavy (non-hydrogen) atoms. The monoisotopic (exact) mass is 309 g/mol. The van der Waals surface area contributed by atoms with Gasteiger partial charge in [0, 0.05) is 19.0 Å². The smallest absolute Gasteiger partial charge is 0.267 e. The van der Waals surface area contributed by atoms with Gasteiger partial charge in [-0.05, 0) is 24.1 Å². The summed E-state index contributed by atoms with van der Waals surface area (Å²) in [6, 6.07) is 17.9. The summed E-state index contributed by atoms with van der Waals surface area (Å²) >= 11 is 0. The second-order valence-corrected chi connectivity index (χ2v) is 6.04. The highest BCUT2D eigenvalue weighted by molar-refractivity contribution is 5.82. The molecule has 1 amide bonds. The van der Waals surface area contributed by atoms with Gasteiger partial charge in [-0.15, -0.1) is 0 Å². The van der Waals surface area contributed by atoms with Crippen molar-refractivity contribution in [2.24, 2.45) is 0 Å². The third-order valence-corrected chi connectivity index (χ3v) is 4.55. The Balaban J connectivity index is 1.43. The van der Waals surface area contributed by atoms with Gasteiger partial charge >= 0.3 is 0 Å². The molecule has 1 fully saturated rings. The number of benzene rings is 2. The quantitative estimate of drug-likeness (QED) is 0.856. The van der Waals surface area contributed by atoms with E-state index in [-0.39, 0.29) is 12.5 Å². The van der Waals surface area contributed by atoms with Crippen LogP contribution in [0.5, 0.6) is 11.5 Å². The fourth-order valence-corrected chi connectivity index (χ4v) is 3.30. The first-order valence-corrected chi connectivity index (χ1v) is 8.03. The number of hydrogen-bond acceptors (Lipinski definition) is 3. The number of fused-ring (bicyclic) bond motifs is 1. The van der Waals surface area contributed by atoms with Gasteiger partial charge in [-0.2, -0.15) is 0 Å². The van der Waals surface area contributed by atoms with Gasteiger partial charge in [0.05, 0.1) is 0 Å². The number of likely N-dealkylation sites (tertiary alicyclic amines) is 1. The normalized spacial score (nSPS) is 22.9. The van der Waals surface area contributed by atoms with Gasteiger partial charge in [0.1, 0.15) is 6.61 Å². The highest BCUT2D eigenvalue weighted by Crippen LogP contribution is 2.32. The Morgan fingerprint density at radius 3 is 2.57 bits per heavy atom. The van der Waals surface area contributed by atoms with Crippen LogP contribution in [0.2, 0.25) is 0 Å². The summed E-state index contributed by atoms with van der Waals surface area (Å²) < 4.78 is 11.5. The van der Waals surface area contributed by atoms with Crippen molar-refractivity contribution in [3.8, 4) is 11.5 Å². The van der Waals surface area contributed by atoms with Crippen LogP contribution in [-0.4, -0.2) is 36.6 Å². The molecule has 2 aromatic carbocycles. The Hall–Kier alpha value is -2.49. The molecule has 0 aliphatic carbocycles. The molecule has 2 aliphatic heterocycles. The zero-order valence-electron chi connectivity index (χ0n) is 12.9. The number of carbonyl (C=O) groups excluding carboxylic acids is 1. The number of hydrogen-bond donors (Lipinski definition) is 0. The average molecular weight is 309 g/mol. The van der Waals surface area contributed by atoms with E-state index in [0.29, 0.717) is 17.4 Å². The van der Waals surface area contributed by atoms with E-state index in [4.69, 9.17) is 9.47 Å². The summed E-state index contributed by atoms with van der Waals surface area (Å²) in [7, 11) is 0. The maximum atomic E-state index is 12.7. The van der Waals surface area contributed by atoms with Crippen molar-refractivity contribution in [2.75, 3.05) is 19.7 Å². The number of amides is 1. The fraction of sp³-hybridized carbons (Fsp3) is 0.316. The van der Waals surface area contributed by atoms with Crippen molar-refractivity contribution in [2.45, 2.75) is 18.4 Å².